The van der Waals surface area contributed by atoms with Crippen molar-refractivity contribution in [3.8, 4) is 0 Å². The van der Waals surface area contributed by atoms with Gasteiger partial charge in [-0.3, -0.25) is 9.59 Å². The van der Waals surface area contributed by atoms with E-state index in [4.69, 9.17) is 0 Å². The summed E-state index contributed by atoms with van der Waals surface area (Å²) in [5.74, 6) is 0.542. The Morgan fingerprint density at radius 2 is 1.89 bits per heavy atom. The number of benzene rings is 1. The Balaban J connectivity index is 2.39. The quantitative estimate of drug-likeness (QED) is 0.817. The van der Waals surface area contributed by atoms with Crippen LogP contribution in [-0.2, 0) is 4.79 Å². The molecule has 0 N–H and O–H groups in total. The van der Waals surface area contributed by atoms with Crippen LogP contribution < -0.4 is 4.90 Å². The maximum absolute atomic E-state index is 12.6. The molecule has 1 heterocycles. The van der Waals surface area contributed by atoms with E-state index in [0.29, 0.717) is 24.4 Å². The van der Waals surface area contributed by atoms with Gasteiger partial charge >= 0.3 is 0 Å². The first-order chi connectivity index (χ1) is 9.02. The third kappa shape index (κ3) is 2.70. The number of anilines is 1. The minimum Gasteiger partial charge on any atom is -0.311 e. The number of carbonyl (C=O) groups excluding carboxylic acids is 2. The zero-order chi connectivity index (χ0) is 14.0. The number of nitrogens with zero attached hydrogens (tertiary/aromatic N) is 1. The Kier molecular flexibility index (Phi) is 4.03. The summed E-state index contributed by atoms with van der Waals surface area (Å²) >= 11 is 0. The van der Waals surface area contributed by atoms with Crippen molar-refractivity contribution in [2.75, 3.05) is 11.4 Å². The second-order valence-corrected chi connectivity index (χ2v) is 5.57. The number of rotatable bonds is 2. The average molecular weight is 259 g/mol. The van der Waals surface area contributed by atoms with Gasteiger partial charge in [-0.05, 0) is 24.5 Å². The summed E-state index contributed by atoms with van der Waals surface area (Å²) in [6.07, 6.45) is 1.26. The van der Waals surface area contributed by atoms with Gasteiger partial charge in [-0.2, -0.15) is 0 Å². The molecule has 1 aliphatic heterocycles. The fourth-order valence-electron chi connectivity index (χ4n) is 2.36. The van der Waals surface area contributed by atoms with Crippen LogP contribution in [0.2, 0.25) is 0 Å². The lowest BCUT2D eigenvalue weighted by molar-refractivity contribution is -0.123. The molecule has 0 saturated carbocycles. The topological polar surface area (TPSA) is 37.4 Å². The van der Waals surface area contributed by atoms with Crippen LogP contribution in [-0.4, -0.2) is 18.2 Å². The third-order valence-electron chi connectivity index (χ3n) is 3.94. The largest absolute Gasteiger partial charge is 0.311 e. The zero-order valence-corrected chi connectivity index (χ0v) is 11.8. The summed E-state index contributed by atoms with van der Waals surface area (Å²) in [5, 5.41) is 0. The Bertz CT molecular complexity index is 493. The van der Waals surface area contributed by atoms with Gasteiger partial charge < -0.3 is 4.90 Å². The van der Waals surface area contributed by atoms with Crippen molar-refractivity contribution in [1.29, 1.82) is 0 Å². The van der Waals surface area contributed by atoms with Crippen molar-refractivity contribution >= 4 is 17.4 Å². The van der Waals surface area contributed by atoms with Gasteiger partial charge in [0.05, 0.1) is 5.69 Å². The maximum Gasteiger partial charge on any atom is 0.230 e. The van der Waals surface area contributed by atoms with E-state index in [1.54, 1.807) is 4.90 Å². The first-order valence-electron chi connectivity index (χ1n) is 6.96. The minimum atomic E-state index is -0.0266. The molecule has 1 aromatic rings. The summed E-state index contributed by atoms with van der Waals surface area (Å²) in [6, 6.07) is 7.45. The lowest BCUT2D eigenvalue weighted by Crippen LogP contribution is -2.37. The number of hydrogen-bond acceptors (Lipinski definition) is 2. The van der Waals surface area contributed by atoms with E-state index in [1.807, 2.05) is 31.2 Å². The number of amides is 1. The first-order valence-corrected chi connectivity index (χ1v) is 6.96. The highest BCUT2D eigenvalue weighted by molar-refractivity contribution is 6.07. The van der Waals surface area contributed by atoms with Crippen LogP contribution in [0.25, 0.3) is 0 Å². The molecule has 0 aliphatic carbocycles. The second-order valence-electron chi connectivity index (χ2n) is 5.57. The SMILES string of the molecule is CC(C)C(C)C(=O)N1CCCC(=O)c2ccccc21. The normalized spacial score (nSPS) is 17.1. The zero-order valence-electron chi connectivity index (χ0n) is 11.8. The van der Waals surface area contributed by atoms with Gasteiger partial charge in [-0.15, -0.1) is 0 Å². The smallest absolute Gasteiger partial charge is 0.230 e. The van der Waals surface area contributed by atoms with E-state index in [1.165, 1.54) is 0 Å². The average Bonchev–Trinajstić information content (AvgIpc) is 2.57. The van der Waals surface area contributed by atoms with Gasteiger partial charge in [0, 0.05) is 24.4 Å². The van der Waals surface area contributed by atoms with Crippen molar-refractivity contribution in [2.45, 2.75) is 33.6 Å². The number of hydrogen-bond donors (Lipinski definition) is 0. The predicted molar refractivity (Wildman–Crippen MR) is 76.4 cm³/mol. The van der Waals surface area contributed by atoms with Crippen LogP contribution in [0, 0.1) is 11.8 Å². The minimum absolute atomic E-state index is 0.0266. The Morgan fingerprint density at radius 3 is 2.58 bits per heavy atom. The van der Waals surface area contributed by atoms with Crippen molar-refractivity contribution in [1.82, 2.24) is 0 Å². The maximum atomic E-state index is 12.6. The van der Waals surface area contributed by atoms with E-state index in [0.717, 1.165) is 12.1 Å². The fraction of sp³-hybridized carbons (Fsp3) is 0.500. The number of Topliss-reactive ketones (excluding diaryl/α,β-unsaturated/α-hetero) is 1. The van der Waals surface area contributed by atoms with Crippen molar-refractivity contribution in [3.63, 3.8) is 0 Å². The van der Waals surface area contributed by atoms with Crippen LogP contribution in [0.1, 0.15) is 44.0 Å². The molecule has 1 atom stereocenters. The highest BCUT2D eigenvalue weighted by atomic mass is 16.2. The molecular formula is C16H21NO2. The van der Waals surface area contributed by atoms with Gasteiger partial charge in [0.2, 0.25) is 5.91 Å². The van der Waals surface area contributed by atoms with Crippen LogP contribution in [0.3, 0.4) is 0 Å². The van der Waals surface area contributed by atoms with Gasteiger partial charge in [0.15, 0.2) is 5.78 Å². The third-order valence-corrected chi connectivity index (χ3v) is 3.94. The van der Waals surface area contributed by atoms with Crippen molar-refractivity contribution < 1.29 is 9.59 Å². The van der Waals surface area contributed by atoms with Gasteiger partial charge in [0.25, 0.3) is 0 Å². The molecule has 3 nitrogen and oxygen atoms in total. The molecule has 3 heteroatoms. The van der Waals surface area contributed by atoms with E-state index in [-0.39, 0.29) is 17.6 Å². The Hall–Kier alpha value is -1.64. The molecule has 1 aliphatic rings. The van der Waals surface area contributed by atoms with Crippen molar-refractivity contribution in [3.05, 3.63) is 29.8 Å². The fourth-order valence-corrected chi connectivity index (χ4v) is 2.36. The summed E-state index contributed by atoms with van der Waals surface area (Å²) < 4.78 is 0. The van der Waals surface area contributed by atoms with Gasteiger partial charge in [-0.25, -0.2) is 0 Å². The van der Waals surface area contributed by atoms with E-state index >= 15 is 0 Å². The molecule has 0 saturated heterocycles. The second kappa shape index (κ2) is 5.55. The number of para-hydroxylation sites is 1. The molecule has 1 aromatic carbocycles. The number of ketones is 1. The van der Waals surface area contributed by atoms with E-state index in [9.17, 15) is 9.59 Å². The van der Waals surface area contributed by atoms with E-state index in [2.05, 4.69) is 13.8 Å². The number of carbonyl (C=O) groups is 2. The van der Waals surface area contributed by atoms with Crippen LogP contribution in [0.4, 0.5) is 5.69 Å². The van der Waals surface area contributed by atoms with E-state index < -0.39 is 0 Å². The first kappa shape index (κ1) is 13.8. The molecule has 0 spiro atoms. The van der Waals surface area contributed by atoms with Gasteiger partial charge in [-0.1, -0.05) is 32.9 Å². The summed E-state index contributed by atoms with van der Waals surface area (Å²) in [4.78, 5) is 26.4. The molecule has 19 heavy (non-hydrogen) atoms. The monoisotopic (exact) mass is 259 g/mol. The predicted octanol–water partition coefficient (Wildman–Crippen LogP) is 3.29. The molecule has 0 radical (unpaired) electrons. The molecule has 0 bridgehead atoms. The molecule has 0 fully saturated rings. The lowest BCUT2D eigenvalue weighted by Gasteiger charge is -2.27. The molecule has 1 amide bonds. The van der Waals surface area contributed by atoms with Gasteiger partial charge in [0.1, 0.15) is 0 Å². The molecule has 102 valence electrons. The molecule has 1 unspecified atom stereocenters. The summed E-state index contributed by atoms with van der Waals surface area (Å²) in [7, 11) is 0. The summed E-state index contributed by atoms with van der Waals surface area (Å²) in [6.45, 7) is 6.70. The standard InChI is InChI=1S/C16H21NO2/c1-11(2)12(3)16(19)17-10-6-9-15(18)13-7-4-5-8-14(13)17/h4-5,7-8,11-12H,6,9-10H2,1-3H3. The lowest BCUT2D eigenvalue weighted by atomic mass is 9.96. The summed E-state index contributed by atoms with van der Waals surface area (Å²) in [5.41, 5.74) is 1.46. The van der Waals surface area contributed by atoms with Crippen LogP contribution in [0.5, 0.6) is 0 Å². The van der Waals surface area contributed by atoms with Crippen LogP contribution in [0.15, 0.2) is 24.3 Å². The molecular weight excluding hydrogens is 238 g/mol. The number of fused-ring (bicyclic) bond motifs is 1. The molecule has 0 aromatic heterocycles. The van der Waals surface area contributed by atoms with Crippen LogP contribution >= 0.6 is 0 Å². The highest BCUT2D eigenvalue weighted by Crippen LogP contribution is 2.28. The van der Waals surface area contributed by atoms with Crippen molar-refractivity contribution in [2.24, 2.45) is 11.8 Å². The Morgan fingerprint density at radius 1 is 1.21 bits per heavy atom. The highest BCUT2D eigenvalue weighted by Gasteiger charge is 2.28. The molecule has 2 rings (SSSR count). The Labute approximate surface area is 114 Å².